The third-order valence-corrected chi connectivity index (χ3v) is 2.27. The first-order valence-electron chi connectivity index (χ1n) is 4.38. The fourth-order valence-corrected chi connectivity index (χ4v) is 1.29. The Balaban J connectivity index is 2.67. The molecule has 0 aromatic carbocycles. The summed E-state index contributed by atoms with van der Waals surface area (Å²) < 4.78 is 0. The molecule has 1 aromatic rings. The Morgan fingerprint density at radius 2 is 2.15 bits per heavy atom. The van der Waals surface area contributed by atoms with Crippen molar-refractivity contribution in [1.82, 2.24) is 9.97 Å². The van der Waals surface area contributed by atoms with Gasteiger partial charge >= 0.3 is 0 Å². The molecule has 1 heterocycles. The van der Waals surface area contributed by atoms with Crippen LogP contribution in [0.3, 0.4) is 0 Å². The second kappa shape index (κ2) is 5.02. The Morgan fingerprint density at radius 1 is 1.46 bits per heavy atom. The molecule has 0 radical (unpaired) electrons. The first kappa shape index (κ1) is 10.3. The molecule has 0 bridgehead atoms. The molecule has 1 N–H and O–H groups in total. The van der Waals surface area contributed by atoms with Crippen molar-refractivity contribution in [1.29, 1.82) is 0 Å². The Labute approximate surface area is 83.5 Å². The minimum Gasteiger partial charge on any atom is -0.365 e. The van der Waals surface area contributed by atoms with Crippen LogP contribution in [0.4, 0.5) is 5.82 Å². The number of nitrogens with zero attached hydrogens (tertiary/aromatic N) is 2. The lowest BCUT2D eigenvalue weighted by Gasteiger charge is -2.14. The summed E-state index contributed by atoms with van der Waals surface area (Å²) in [5.41, 5.74) is 0.908. The molecular formula is C9H14ClN3. The van der Waals surface area contributed by atoms with Crippen molar-refractivity contribution in [2.24, 2.45) is 0 Å². The topological polar surface area (TPSA) is 37.8 Å². The maximum Gasteiger partial charge on any atom is 0.147 e. The number of anilines is 1. The number of nitrogens with one attached hydrogen (secondary N) is 1. The van der Waals surface area contributed by atoms with Gasteiger partial charge < -0.3 is 5.32 Å². The quantitative estimate of drug-likeness (QED) is 0.756. The second-order valence-corrected chi connectivity index (χ2v) is 3.20. The summed E-state index contributed by atoms with van der Waals surface area (Å²) in [6.45, 7) is 4.02. The summed E-state index contributed by atoms with van der Waals surface area (Å²) >= 11 is 5.76. The first-order valence-corrected chi connectivity index (χ1v) is 4.91. The van der Waals surface area contributed by atoms with E-state index >= 15 is 0 Å². The largest absolute Gasteiger partial charge is 0.365 e. The molecule has 0 spiro atoms. The molecule has 13 heavy (non-hydrogen) atoms. The summed E-state index contributed by atoms with van der Waals surface area (Å²) in [5.74, 6) is 1.42. The maximum absolute atomic E-state index is 5.76. The molecule has 0 aliphatic heterocycles. The van der Waals surface area contributed by atoms with E-state index in [0.29, 0.717) is 5.88 Å². The fourth-order valence-electron chi connectivity index (χ4n) is 0.992. The van der Waals surface area contributed by atoms with Crippen molar-refractivity contribution in [3.05, 3.63) is 18.1 Å². The van der Waals surface area contributed by atoms with Crippen LogP contribution in [0.5, 0.6) is 0 Å². The van der Waals surface area contributed by atoms with Crippen molar-refractivity contribution < 1.29 is 0 Å². The molecule has 0 aliphatic carbocycles. The normalized spacial score (nSPS) is 12.5. The molecule has 3 nitrogen and oxygen atoms in total. The molecule has 1 unspecified atom stereocenters. The van der Waals surface area contributed by atoms with Crippen molar-refractivity contribution in [3.63, 3.8) is 0 Å². The average Bonchev–Trinajstić information content (AvgIpc) is 2.17. The SMILES string of the molecule is CCC(CCl)Nc1nccnc1C. The standard InChI is InChI=1S/C9H14ClN3/c1-3-8(6-10)13-9-7(2)11-4-5-12-9/h4-5,8H,3,6H2,1-2H3,(H,12,13). The van der Waals surface area contributed by atoms with Gasteiger partial charge in [0.25, 0.3) is 0 Å². The summed E-state index contributed by atoms with van der Waals surface area (Å²) in [6.07, 6.45) is 4.35. The monoisotopic (exact) mass is 199 g/mol. The van der Waals surface area contributed by atoms with E-state index in [-0.39, 0.29) is 6.04 Å². The lowest BCUT2D eigenvalue weighted by atomic mass is 10.2. The Bertz CT molecular complexity index is 261. The molecule has 1 rings (SSSR count). The van der Waals surface area contributed by atoms with E-state index < -0.39 is 0 Å². The van der Waals surface area contributed by atoms with Crippen molar-refractivity contribution in [2.45, 2.75) is 26.3 Å². The average molecular weight is 200 g/mol. The van der Waals surface area contributed by atoms with Gasteiger partial charge in [0.05, 0.1) is 5.69 Å². The predicted octanol–water partition coefficient (Wildman–Crippen LogP) is 2.21. The van der Waals surface area contributed by atoms with Crippen molar-refractivity contribution in [3.8, 4) is 0 Å². The van der Waals surface area contributed by atoms with Gasteiger partial charge in [-0.2, -0.15) is 0 Å². The van der Waals surface area contributed by atoms with Gasteiger partial charge in [0, 0.05) is 24.3 Å². The number of hydrogen-bond acceptors (Lipinski definition) is 3. The minimum atomic E-state index is 0.275. The highest BCUT2D eigenvalue weighted by molar-refractivity contribution is 6.18. The Kier molecular flexibility index (Phi) is 3.96. The zero-order chi connectivity index (χ0) is 9.68. The van der Waals surface area contributed by atoms with E-state index in [0.717, 1.165) is 17.9 Å². The molecule has 1 aromatic heterocycles. The highest BCUT2D eigenvalue weighted by Crippen LogP contribution is 2.09. The van der Waals surface area contributed by atoms with Gasteiger partial charge in [-0.1, -0.05) is 6.92 Å². The van der Waals surface area contributed by atoms with E-state index in [1.807, 2.05) is 6.92 Å². The van der Waals surface area contributed by atoms with Crippen LogP contribution in [0.15, 0.2) is 12.4 Å². The van der Waals surface area contributed by atoms with E-state index in [1.165, 1.54) is 0 Å². The molecular weight excluding hydrogens is 186 g/mol. The van der Waals surface area contributed by atoms with E-state index in [9.17, 15) is 0 Å². The van der Waals surface area contributed by atoms with Crippen LogP contribution in [-0.2, 0) is 0 Å². The fraction of sp³-hybridized carbons (Fsp3) is 0.556. The van der Waals surface area contributed by atoms with Crippen LogP contribution in [0.1, 0.15) is 19.0 Å². The molecule has 72 valence electrons. The predicted molar refractivity (Wildman–Crippen MR) is 55.2 cm³/mol. The van der Waals surface area contributed by atoms with Crippen LogP contribution >= 0.6 is 11.6 Å². The minimum absolute atomic E-state index is 0.275. The third-order valence-electron chi connectivity index (χ3n) is 1.90. The maximum atomic E-state index is 5.76. The Morgan fingerprint density at radius 3 is 2.69 bits per heavy atom. The van der Waals surface area contributed by atoms with Gasteiger partial charge in [0.15, 0.2) is 0 Å². The zero-order valence-corrected chi connectivity index (χ0v) is 8.67. The molecule has 4 heteroatoms. The highest BCUT2D eigenvalue weighted by Gasteiger charge is 2.06. The van der Waals surface area contributed by atoms with Gasteiger partial charge in [0.2, 0.25) is 0 Å². The number of aromatic nitrogens is 2. The molecule has 0 saturated carbocycles. The van der Waals surface area contributed by atoms with Gasteiger partial charge in [0.1, 0.15) is 5.82 Å². The van der Waals surface area contributed by atoms with E-state index in [4.69, 9.17) is 11.6 Å². The number of alkyl halides is 1. The summed E-state index contributed by atoms with van der Waals surface area (Å²) in [7, 11) is 0. The Hall–Kier alpha value is -0.830. The summed E-state index contributed by atoms with van der Waals surface area (Å²) in [6, 6.07) is 0.275. The van der Waals surface area contributed by atoms with Crippen LogP contribution < -0.4 is 5.32 Å². The number of rotatable bonds is 4. The van der Waals surface area contributed by atoms with Gasteiger partial charge in [-0.05, 0) is 13.3 Å². The highest BCUT2D eigenvalue weighted by atomic mass is 35.5. The van der Waals surface area contributed by atoms with Crippen LogP contribution in [-0.4, -0.2) is 21.9 Å². The number of aryl methyl sites for hydroxylation is 1. The third kappa shape index (κ3) is 2.84. The van der Waals surface area contributed by atoms with E-state index in [2.05, 4.69) is 22.2 Å². The van der Waals surface area contributed by atoms with Gasteiger partial charge in [-0.15, -0.1) is 11.6 Å². The second-order valence-electron chi connectivity index (χ2n) is 2.89. The molecule has 0 aliphatic rings. The molecule has 0 fully saturated rings. The van der Waals surface area contributed by atoms with Crippen molar-refractivity contribution in [2.75, 3.05) is 11.2 Å². The zero-order valence-electron chi connectivity index (χ0n) is 7.92. The van der Waals surface area contributed by atoms with E-state index in [1.54, 1.807) is 12.4 Å². The van der Waals surface area contributed by atoms with Gasteiger partial charge in [-0.25, -0.2) is 4.98 Å². The lowest BCUT2D eigenvalue weighted by Crippen LogP contribution is -2.21. The van der Waals surface area contributed by atoms with Crippen LogP contribution in [0.25, 0.3) is 0 Å². The lowest BCUT2D eigenvalue weighted by molar-refractivity contribution is 0.762. The molecule has 1 atom stereocenters. The summed E-state index contributed by atoms with van der Waals surface area (Å²) in [4.78, 5) is 8.31. The number of hydrogen-bond donors (Lipinski definition) is 1. The van der Waals surface area contributed by atoms with Crippen molar-refractivity contribution >= 4 is 17.4 Å². The van der Waals surface area contributed by atoms with Gasteiger partial charge in [-0.3, -0.25) is 4.98 Å². The molecule has 0 amide bonds. The smallest absolute Gasteiger partial charge is 0.147 e. The van der Waals surface area contributed by atoms with Crippen LogP contribution in [0, 0.1) is 6.92 Å². The molecule has 0 saturated heterocycles. The van der Waals surface area contributed by atoms with Crippen LogP contribution in [0.2, 0.25) is 0 Å². The summed E-state index contributed by atoms with van der Waals surface area (Å²) in [5, 5.41) is 3.24. The first-order chi connectivity index (χ1) is 6.27. The number of halogens is 1.